The lowest BCUT2D eigenvalue weighted by molar-refractivity contribution is 0.473. The zero-order valence-corrected chi connectivity index (χ0v) is 13.6. The molecule has 0 bridgehead atoms. The summed E-state index contributed by atoms with van der Waals surface area (Å²) in [6.07, 6.45) is 7.12. The lowest BCUT2D eigenvalue weighted by atomic mass is 10.1. The summed E-state index contributed by atoms with van der Waals surface area (Å²) in [5, 5.41) is 8.11. The second kappa shape index (κ2) is 7.41. The molecule has 0 spiro atoms. The minimum absolute atomic E-state index is 0.258. The maximum absolute atomic E-state index is 4.54. The van der Waals surface area contributed by atoms with Gasteiger partial charge in [0, 0.05) is 32.4 Å². The van der Waals surface area contributed by atoms with Crippen LogP contribution in [-0.4, -0.2) is 25.9 Å². The van der Waals surface area contributed by atoms with E-state index in [4.69, 9.17) is 0 Å². The van der Waals surface area contributed by atoms with Crippen LogP contribution in [0.3, 0.4) is 0 Å². The van der Waals surface area contributed by atoms with Crippen LogP contribution < -0.4 is 5.32 Å². The molecule has 21 heavy (non-hydrogen) atoms. The third-order valence-corrected chi connectivity index (χ3v) is 3.69. The van der Waals surface area contributed by atoms with Gasteiger partial charge in [-0.1, -0.05) is 13.8 Å². The number of rotatable bonds is 8. The number of aryl methyl sites for hydroxylation is 3. The molecule has 2 rings (SSSR count). The summed E-state index contributed by atoms with van der Waals surface area (Å²) in [4.78, 5) is 4.54. The van der Waals surface area contributed by atoms with Gasteiger partial charge in [-0.2, -0.15) is 5.10 Å². The summed E-state index contributed by atoms with van der Waals surface area (Å²) in [5.41, 5.74) is 2.29. The smallest absolute Gasteiger partial charge is 0.110 e. The van der Waals surface area contributed by atoms with Gasteiger partial charge in [-0.05, 0) is 32.4 Å². The first kappa shape index (κ1) is 15.8. The van der Waals surface area contributed by atoms with Crippen LogP contribution in [0.2, 0.25) is 0 Å². The van der Waals surface area contributed by atoms with E-state index < -0.39 is 0 Å². The lowest BCUT2D eigenvalue weighted by Gasteiger charge is -2.19. The largest absolute Gasteiger partial charge is 0.335 e. The average molecular weight is 289 g/mol. The van der Waals surface area contributed by atoms with Gasteiger partial charge in [0.15, 0.2) is 0 Å². The molecule has 0 saturated carbocycles. The first-order chi connectivity index (χ1) is 10.2. The van der Waals surface area contributed by atoms with Crippen molar-refractivity contribution < 1.29 is 0 Å². The standard InChI is InChI=1S/C16H27N5/c1-5-7-17-14(15-11-13(3)19-20(15)4)12-16-18-8-10-21(16)9-6-2/h8,10-11,14,17H,5-7,9,12H2,1-4H3. The number of aromatic nitrogens is 4. The second-order valence-electron chi connectivity index (χ2n) is 5.58. The molecule has 0 aliphatic rings. The molecule has 2 heterocycles. The molecular formula is C16H27N5. The Balaban J connectivity index is 2.20. The summed E-state index contributed by atoms with van der Waals surface area (Å²) < 4.78 is 4.24. The van der Waals surface area contributed by atoms with Gasteiger partial charge in [-0.3, -0.25) is 4.68 Å². The van der Waals surface area contributed by atoms with E-state index in [0.29, 0.717) is 0 Å². The van der Waals surface area contributed by atoms with Crippen molar-refractivity contribution >= 4 is 0 Å². The maximum Gasteiger partial charge on any atom is 0.110 e. The van der Waals surface area contributed by atoms with Crippen LogP contribution in [0, 0.1) is 6.92 Å². The average Bonchev–Trinajstić information content (AvgIpc) is 3.02. The van der Waals surface area contributed by atoms with E-state index in [0.717, 1.165) is 43.9 Å². The van der Waals surface area contributed by atoms with E-state index in [9.17, 15) is 0 Å². The number of hydrogen-bond donors (Lipinski definition) is 1. The topological polar surface area (TPSA) is 47.7 Å². The molecule has 0 amide bonds. The van der Waals surface area contributed by atoms with E-state index >= 15 is 0 Å². The van der Waals surface area contributed by atoms with Gasteiger partial charge in [-0.25, -0.2) is 4.98 Å². The Kier molecular flexibility index (Phi) is 5.56. The van der Waals surface area contributed by atoms with Gasteiger partial charge < -0.3 is 9.88 Å². The molecule has 116 valence electrons. The summed E-state index contributed by atoms with van der Waals surface area (Å²) in [6.45, 7) is 8.46. The molecule has 5 heteroatoms. The normalized spacial score (nSPS) is 12.8. The van der Waals surface area contributed by atoms with Crippen molar-refractivity contribution in [3.63, 3.8) is 0 Å². The van der Waals surface area contributed by atoms with E-state index in [1.807, 2.05) is 24.9 Å². The van der Waals surface area contributed by atoms with Crippen LogP contribution in [-0.2, 0) is 20.0 Å². The highest BCUT2D eigenvalue weighted by molar-refractivity contribution is 5.15. The lowest BCUT2D eigenvalue weighted by Crippen LogP contribution is -2.27. The Morgan fingerprint density at radius 3 is 2.71 bits per heavy atom. The van der Waals surface area contributed by atoms with Crippen LogP contribution in [0.5, 0.6) is 0 Å². The van der Waals surface area contributed by atoms with Gasteiger partial charge in [0.05, 0.1) is 17.4 Å². The Bertz CT molecular complexity index is 555. The Labute approximate surface area is 127 Å². The van der Waals surface area contributed by atoms with E-state index in [-0.39, 0.29) is 6.04 Å². The van der Waals surface area contributed by atoms with Crippen molar-refractivity contribution in [1.82, 2.24) is 24.6 Å². The molecule has 0 aliphatic carbocycles. The fourth-order valence-electron chi connectivity index (χ4n) is 2.71. The quantitative estimate of drug-likeness (QED) is 0.812. The second-order valence-corrected chi connectivity index (χ2v) is 5.58. The van der Waals surface area contributed by atoms with Crippen molar-refractivity contribution in [2.45, 2.75) is 52.6 Å². The van der Waals surface area contributed by atoms with Crippen LogP contribution in [0.25, 0.3) is 0 Å². The molecule has 2 aromatic rings. The fraction of sp³-hybridized carbons (Fsp3) is 0.625. The number of imidazole rings is 1. The van der Waals surface area contributed by atoms with Gasteiger partial charge >= 0.3 is 0 Å². The molecule has 2 aromatic heterocycles. The molecule has 0 aliphatic heterocycles. The van der Waals surface area contributed by atoms with E-state index in [1.165, 1.54) is 5.69 Å². The van der Waals surface area contributed by atoms with Crippen LogP contribution >= 0.6 is 0 Å². The third kappa shape index (κ3) is 3.94. The predicted molar refractivity (Wildman–Crippen MR) is 85.2 cm³/mol. The third-order valence-electron chi connectivity index (χ3n) is 3.69. The Morgan fingerprint density at radius 2 is 2.10 bits per heavy atom. The Morgan fingerprint density at radius 1 is 1.29 bits per heavy atom. The zero-order chi connectivity index (χ0) is 15.2. The fourth-order valence-corrected chi connectivity index (χ4v) is 2.71. The monoisotopic (exact) mass is 289 g/mol. The van der Waals surface area contributed by atoms with Gasteiger partial charge in [0.25, 0.3) is 0 Å². The molecule has 1 N–H and O–H groups in total. The van der Waals surface area contributed by atoms with Crippen LogP contribution in [0.4, 0.5) is 0 Å². The maximum atomic E-state index is 4.54. The first-order valence-corrected chi connectivity index (χ1v) is 7.89. The molecule has 0 aromatic carbocycles. The van der Waals surface area contributed by atoms with Crippen LogP contribution in [0.1, 0.15) is 49.9 Å². The SMILES string of the molecule is CCCNC(Cc1nccn1CCC)c1cc(C)nn1C. The van der Waals surface area contributed by atoms with E-state index in [2.05, 4.69) is 46.1 Å². The Hall–Kier alpha value is -1.62. The van der Waals surface area contributed by atoms with Crippen molar-refractivity contribution in [2.24, 2.45) is 7.05 Å². The summed E-state index contributed by atoms with van der Waals surface area (Å²) in [6, 6.07) is 2.43. The predicted octanol–water partition coefficient (Wildman–Crippen LogP) is 2.62. The summed E-state index contributed by atoms with van der Waals surface area (Å²) in [5.74, 6) is 1.14. The van der Waals surface area contributed by atoms with Gasteiger partial charge in [0.1, 0.15) is 5.82 Å². The minimum atomic E-state index is 0.258. The van der Waals surface area contributed by atoms with Crippen molar-refractivity contribution in [3.8, 4) is 0 Å². The summed E-state index contributed by atoms with van der Waals surface area (Å²) >= 11 is 0. The van der Waals surface area contributed by atoms with Crippen molar-refractivity contribution in [3.05, 3.63) is 35.7 Å². The molecule has 0 saturated heterocycles. The number of hydrogen-bond acceptors (Lipinski definition) is 3. The molecule has 0 fully saturated rings. The number of nitrogens with zero attached hydrogens (tertiary/aromatic N) is 4. The molecule has 1 atom stereocenters. The highest BCUT2D eigenvalue weighted by Crippen LogP contribution is 2.18. The minimum Gasteiger partial charge on any atom is -0.335 e. The summed E-state index contributed by atoms with van der Waals surface area (Å²) in [7, 11) is 2.02. The van der Waals surface area contributed by atoms with E-state index in [1.54, 1.807) is 0 Å². The molecular weight excluding hydrogens is 262 g/mol. The molecule has 1 unspecified atom stereocenters. The molecule has 0 radical (unpaired) electrons. The molecule has 5 nitrogen and oxygen atoms in total. The van der Waals surface area contributed by atoms with Gasteiger partial charge in [-0.15, -0.1) is 0 Å². The first-order valence-electron chi connectivity index (χ1n) is 7.89. The zero-order valence-electron chi connectivity index (χ0n) is 13.6. The number of nitrogens with one attached hydrogen (secondary N) is 1. The van der Waals surface area contributed by atoms with Gasteiger partial charge in [0.2, 0.25) is 0 Å². The van der Waals surface area contributed by atoms with Crippen LogP contribution in [0.15, 0.2) is 18.5 Å². The van der Waals surface area contributed by atoms with Crippen molar-refractivity contribution in [2.75, 3.05) is 6.54 Å². The highest BCUT2D eigenvalue weighted by Gasteiger charge is 2.18. The highest BCUT2D eigenvalue weighted by atomic mass is 15.3. The van der Waals surface area contributed by atoms with Crippen molar-refractivity contribution in [1.29, 1.82) is 0 Å².